The highest BCUT2D eigenvalue weighted by Crippen LogP contribution is 2.34. The summed E-state index contributed by atoms with van der Waals surface area (Å²) in [5, 5.41) is 10.3. The molecule has 1 atom stereocenters. The van der Waals surface area contributed by atoms with Crippen LogP contribution in [0.2, 0.25) is 0 Å². The minimum absolute atomic E-state index is 0.297. The largest absolute Gasteiger partial charge is 0.354 e. The Hall–Kier alpha value is -2.14. The Morgan fingerprint density at radius 2 is 2.10 bits per heavy atom. The van der Waals surface area contributed by atoms with Gasteiger partial charge < -0.3 is 5.32 Å². The summed E-state index contributed by atoms with van der Waals surface area (Å²) < 4.78 is 2.05. The number of nitrogens with one attached hydrogen (secondary N) is 1. The third-order valence-corrected chi connectivity index (χ3v) is 4.98. The first-order chi connectivity index (χ1) is 10.3. The molecule has 0 radical (unpaired) electrons. The number of hydrogen-bond donors (Lipinski definition) is 1. The lowest BCUT2D eigenvalue weighted by atomic mass is 10.1. The molecule has 5 heteroatoms. The molecule has 1 aromatic carbocycles. The summed E-state index contributed by atoms with van der Waals surface area (Å²) in [6.07, 6.45) is 1.05. The van der Waals surface area contributed by atoms with Crippen molar-refractivity contribution < 1.29 is 0 Å². The van der Waals surface area contributed by atoms with Crippen LogP contribution in [0.1, 0.15) is 22.9 Å². The van der Waals surface area contributed by atoms with Crippen molar-refractivity contribution in [1.29, 1.82) is 0 Å². The van der Waals surface area contributed by atoms with Crippen molar-refractivity contribution in [2.45, 2.75) is 19.4 Å². The molecule has 0 fully saturated rings. The van der Waals surface area contributed by atoms with E-state index in [0.717, 1.165) is 30.3 Å². The van der Waals surface area contributed by atoms with Crippen LogP contribution in [0.25, 0.3) is 11.4 Å². The van der Waals surface area contributed by atoms with Crippen LogP contribution in [-0.2, 0) is 0 Å². The first kappa shape index (κ1) is 12.6. The van der Waals surface area contributed by atoms with Gasteiger partial charge in [-0.2, -0.15) is 4.98 Å². The fourth-order valence-electron chi connectivity index (χ4n) is 2.78. The molecule has 0 bridgehead atoms. The van der Waals surface area contributed by atoms with E-state index in [-0.39, 0.29) is 0 Å². The van der Waals surface area contributed by atoms with E-state index < -0.39 is 0 Å². The van der Waals surface area contributed by atoms with Crippen molar-refractivity contribution in [2.24, 2.45) is 0 Å². The number of aromatic nitrogens is 3. The van der Waals surface area contributed by atoms with E-state index in [2.05, 4.69) is 28.7 Å². The Morgan fingerprint density at radius 1 is 1.24 bits per heavy atom. The van der Waals surface area contributed by atoms with Crippen LogP contribution in [0, 0.1) is 6.92 Å². The lowest BCUT2D eigenvalue weighted by molar-refractivity contribution is 0.486. The third kappa shape index (κ3) is 2.14. The molecule has 0 aliphatic carbocycles. The van der Waals surface area contributed by atoms with Crippen LogP contribution >= 0.6 is 11.3 Å². The maximum absolute atomic E-state index is 4.75. The standard InChI is InChI=1S/C16H16N4S/c1-11-8-10-21-14(11)13-7-9-17-16-18-15(19-20(13)16)12-5-3-2-4-6-12/h2-6,8,10,13H,7,9H2,1H3,(H,17,18,19). The van der Waals surface area contributed by atoms with Gasteiger partial charge in [-0.25, -0.2) is 4.68 Å². The highest BCUT2D eigenvalue weighted by molar-refractivity contribution is 7.10. The van der Waals surface area contributed by atoms with E-state index in [0.29, 0.717) is 6.04 Å². The zero-order chi connectivity index (χ0) is 14.2. The first-order valence-corrected chi connectivity index (χ1v) is 8.01. The maximum atomic E-state index is 4.75. The number of anilines is 1. The van der Waals surface area contributed by atoms with Gasteiger partial charge in [-0.15, -0.1) is 16.4 Å². The molecular weight excluding hydrogens is 280 g/mol. The minimum Gasteiger partial charge on any atom is -0.354 e. The van der Waals surface area contributed by atoms with Gasteiger partial charge in [0.25, 0.3) is 0 Å². The van der Waals surface area contributed by atoms with Crippen LogP contribution in [0.5, 0.6) is 0 Å². The van der Waals surface area contributed by atoms with E-state index in [9.17, 15) is 0 Å². The first-order valence-electron chi connectivity index (χ1n) is 7.13. The lowest BCUT2D eigenvalue weighted by Gasteiger charge is -2.24. The Kier molecular flexibility index (Phi) is 3.00. The number of aryl methyl sites for hydroxylation is 1. The van der Waals surface area contributed by atoms with Crippen molar-refractivity contribution >= 4 is 17.3 Å². The Labute approximate surface area is 127 Å². The molecule has 106 valence electrons. The van der Waals surface area contributed by atoms with Crippen molar-refractivity contribution in [3.05, 3.63) is 52.2 Å². The van der Waals surface area contributed by atoms with Crippen LogP contribution in [0.3, 0.4) is 0 Å². The highest BCUT2D eigenvalue weighted by atomic mass is 32.1. The van der Waals surface area contributed by atoms with Crippen LogP contribution in [-0.4, -0.2) is 21.3 Å². The molecule has 4 rings (SSSR count). The normalized spacial score (nSPS) is 17.3. The third-order valence-electron chi connectivity index (χ3n) is 3.86. The summed E-state index contributed by atoms with van der Waals surface area (Å²) in [4.78, 5) is 6.05. The fourth-order valence-corrected chi connectivity index (χ4v) is 3.83. The average molecular weight is 296 g/mol. The van der Waals surface area contributed by atoms with Gasteiger partial charge in [0, 0.05) is 17.0 Å². The SMILES string of the molecule is Cc1ccsc1C1CCNc2nc(-c3ccccc3)nn21. The number of fused-ring (bicyclic) bond motifs is 1. The van der Waals surface area contributed by atoms with Crippen molar-refractivity contribution in [3.63, 3.8) is 0 Å². The van der Waals surface area contributed by atoms with Crippen molar-refractivity contribution in [1.82, 2.24) is 14.8 Å². The number of benzene rings is 1. The lowest BCUT2D eigenvalue weighted by Crippen LogP contribution is -2.24. The summed E-state index contributed by atoms with van der Waals surface area (Å²) >= 11 is 1.81. The van der Waals surface area contributed by atoms with Gasteiger partial charge in [0.2, 0.25) is 5.95 Å². The number of rotatable bonds is 2. The van der Waals surface area contributed by atoms with Gasteiger partial charge in [0.05, 0.1) is 6.04 Å². The molecule has 0 amide bonds. The van der Waals surface area contributed by atoms with Crippen molar-refractivity contribution in [3.8, 4) is 11.4 Å². The van der Waals surface area contributed by atoms with Crippen LogP contribution < -0.4 is 5.32 Å². The molecule has 4 nitrogen and oxygen atoms in total. The van der Waals surface area contributed by atoms with E-state index in [1.807, 2.05) is 46.4 Å². The van der Waals surface area contributed by atoms with E-state index in [1.165, 1.54) is 10.4 Å². The second kappa shape index (κ2) is 5.00. The molecule has 0 saturated heterocycles. The smallest absolute Gasteiger partial charge is 0.222 e. The molecule has 1 aliphatic rings. The molecule has 0 saturated carbocycles. The van der Waals surface area contributed by atoms with Crippen LogP contribution in [0.15, 0.2) is 41.8 Å². The van der Waals surface area contributed by atoms with Gasteiger partial charge in [-0.1, -0.05) is 30.3 Å². The van der Waals surface area contributed by atoms with Crippen molar-refractivity contribution in [2.75, 3.05) is 11.9 Å². The second-order valence-electron chi connectivity index (χ2n) is 5.27. The molecule has 0 spiro atoms. The van der Waals surface area contributed by atoms with Crippen LogP contribution in [0.4, 0.5) is 5.95 Å². The molecule has 21 heavy (non-hydrogen) atoms. The number of thiophene rings is 1. The van der Waals surface area contributed by atoms with E-state index in [1.54, 1.807) is 0 Å². The van der Waals surface area contributed by atoms with Gasteiger partial charge in [-0.05, 0) is 30.4 Å². The summed E-state index contributed by atoms with van der Waals surface area (Å²) in [6.45, 7) is 3.11. The van der Waals surface area contributed by atoms with Gasteiger partial charge in [-0.3, -0.25) is 0 Å². The number of hydrogen-bond acceptors (Lipinski definition) is 4. The van der Waals surface area contributed by atoms with Gasteiger partial charge >= 0.3 is 0 Å². The maximum Gasteiger partial charge on any atom is 0.222 e. The second-order valence-corrected chi connectivity index (χ2v) is 6.22. The molecule has 1 N–H and O–H groups in total. The Balaban J connectivity index is 1.79. The van der Waals surface area contributed by atoms with E-state index >= 15 is 0 Å². The van der Waals surface area contributed by atoms with E-state index in [4.69, 9.17) is 5.10 Å². The summed E-state index contributed by atoms with van der Waals surface area (Å²) in [7, 11) is 0. The zero-order valence-electron chi connectivity index (χ0n) is 11.8. The molecule has 3 aromatic rings. The van der Waals surface area contributed by atoms with Gasteiger partial charge in [0.1, 0.15) is 0 Å². The molecule has 3 heterocycles. The Morgan fingerprint density at radius 3 is 2.86 bits per heavy atom. The average Bonchev–Trinajstić information content (AvgIpc) is 3.14. The molecule has 1 unspecified atom stereocenters. The predicted octanol–water partition coefficient (Wildman–Crippen LogP) is 3.72. The molecule has 1 aliphatic heterocycles. The fraction of sp³-hybridized carbons (Fsp3) is 0.250. The summed E-state index contributed by atoms with van der Waals surface area (Å²) in [6, 6.07) is 12.6. The quantitative estimate of drug-likeness (QED) is 0.783. The number of nitrogens with zero attached hydrogens (tertiary/aromatic N) is 3. The topological polar surface area (TPSA) is 42.7 Å². The van der Waals surface area contributed by atoms with Gasteiger partial charge in [0.15, 0.2) is 5.82 Å². The Bertz CT molecular complexity index is 760. The predicted molar refractivity (Wildman–Crippen MR) is 85.8 cm³/mol. The minimum atomic E-state index is 0.297. The monoisotopic (exact) mass is 296 g/mol. The summed E-state index contributed by atoms with van der Waals surface area (Å²) in [5.41, 5.74) is 2.40. The molecular formula is C16H16N4S. The summed E-state index contributed by atoms with van der Waals surface area (Å²) in [5.74, 6) is 1.66. The highest BCUT2D eigenvalue weighted by Gasteiger charge is 2.26. The molecule has 2 aromatic heterocycles. The zero-order valence-corrected chi connectivity index (χ0v) is 12.6.